The fraction of sp³-hybridized carbons (Fsp3) is 0.200. The molecule has 2 heterocycles. The molecule has 1 N–H and O–H groups in total. The van der Waals surface area contributed by atoms with E-state index in [9.17, 15) is 0 Å². The van der Waals surface area contributed by atoms with Gasteiger partial charge in [0.05, 0.1) is 5.69 Å². The van der Waals surface area contributed by atoms with Crippen molar-refractivity contribution in [2.75, 3.05) is 6.61 Å². The van der Waals surface area contributed by atoms with Crippen molar-refractivity contribution in [1.82, 2.24) is 9.97 Å². The van der Waals surface area contributed by atoms with E-state index in [0.29, 0.717) is 10.8 Å². The first kappa shape index (κ1) is 10.5. The second-order valence-electron chi connectivity index (χ2n) is 2.95. The Balaban J connectivity index is 2.34. The average molecular weight is 241 g/mol. The van der Waals surface area contributed by atoms with Crippen LogP contribution in [0.3, 0.4) is 0 Å². The summed E-state index contributed by atoms with van der Waals surface area (Å²) in [6.07, 6.45) is 3.96. The summed E-state index contributed by atoms with van der Waals surface area (Å²) in [6, 6.07) is 3.79. The van der Waals surface area contributed by atoms with Gasteiger partial charge in [0.15, 0.2) is 0 Å². The van der Waals surface area contributed by atoms with E-state index in [1.807, 2.05) is 12.1 Å². The monoisotopic (exact) mass is 240 g/mol. The topological polar surface area (TPSA) is 46.0 Å². The lowest BCUT2D eigenvalue weighted by molar-refractivity contribution is 0.298. The van der Waals surface area contributed by atoms with Crippen LogP contribution in [0.2, 0.25) is 4.34 Å². The van der Waals surface area contributed by atoms with Gasteiger partial charge in [-0.05, 0) is 12.1 Å². The largest absolute Gasteiger partial charge is 0.396 e. The SMILES string of the molecule is OCCc1nc(-c2cccnc2)sc1Cl. The van der Waals surface area contributed by atoms with Gasteiger partial charge in [-0.15, -0.1) is 11.3 Å². The molecule has 0 radical (unpaired) electrons. The van der Waals surface area contributed by atoms with Gasteiger partial charge in [0.25, 0.3) is 0 Å². The van der Waals surface area contributed by atoms with Gasteiger partial charge in [-0.2, -0.15) is 0 Å². The standard InChI is InChI=1S/C10H9ClN2OS/c11-9-8(3-5-14)13-10(15-9)7-2-1-4-12-6-7/h1-2,4,6,14H,3,5H2. The fourth-order valence-corrected chi connectivity index (χ4v) is 2.39. The molecule has 5 heteroatoms. The second kappa shape index (κ2) is 4.70. The maximum absolute atomic E-state index is 8.82. The first-order valence-corrected chi connectivity index (χ1v) is 5.67. The van der Waals surface area contributed by atoms with E-state index < -0.39 is 0 Å². The van der Waals surface area contributed by atoms with Crippen LogP contribution >= 0.6 is 22.9 Å². The van der Waals surface area contributed by atoms with E-state index in [1.165, 1.54) is 11.3 Å². The fourth-order valence-electron chi connectivity index (χ4n) is 1.21. The molecule has 15 heavy (non-hydrogen) atoms. The summed E-state index contributed by atoms with van der Waals surface area (Å²) in [7, 11) is 0. The van der Waals surface area contributed by atoms with Gasteiger partial charge >= 0.3 is 0 Å². The number of aliphatic hydroxyl groups is 1. The molecule has 0 amide bonds. The van der Waals surface area contributed by atoms with Gasteiger partial charge in [-0.25, -0.2) is 4.98 Å². The number of nitrogens with zero attached hydrogens (tertiary/aromatic N) is 2. The first-order valence-electron chi connectivity index (χ1n) is 4.47. The minimum atomic E-state index is 0.0654. The Morgan fingerprint density at radius 1 is 1.47 bits per heavy atom. The molecule has 78 valence electrons. The highest BCUT2D eigenvalue weighted by atomic mass is 35.5. The van der Waals surface area contributed by atoms with E-state index in [2.05, 4.69) is 9.97 Å². The molecule has 0 aliphatic heterocycles. The summed E-state index contributed by atoms with van der Waals surface area (Å²) in [4.78, 5) is 8.38. The van der Waals surface area contributed by atoms with Gasteiger partial charge in [-0.3, -0.25) is 4.98 Å². The van der Waals surface area contributed by atoms with Crippen molar-refractivity contribution in [2.45, 2.75) is 6.42 Å². The Morgan fingerprint density at radius 2 is 2.33 bits per heavy atom. The molecule has 0 fully saturated rings. The van der Waals surface area contributed by atoms with Crippen LogP contribution in [0.15, 0.2) is 24.5 Å². The van der Waals surface area contributed by atoms with Crippen LogP contribution in [0, 0.1) is 0 Å². The van der Waals surface area contributed by atoms with Crippen molar-refractivity contribution < 1.29 is 5.11 Å². The lowest BCUT2D eigenvalue weighted by atomic mass is 10.3. The summed E-state index contributed by atoms with van der Waals surface area (Å²) in [6.45, 7) is 0.0654. The normalized spacial score (nSPS) is 10.5. The van der Waals surface area contributed by atoms with E-state index in [4.69, 9.17) is 16.7 Å². The zero-order chi connectivity index (χ0) is 10.7. The number of aliphatic hydroxyl groups excluding tert-OH is 1. The Bertz CT molecular complexity index is 444. The first-order chi connectivity index (χ1) is 7.31. The number of halogens is 1. The molecule has 0 spiro atoms. The molecule has 0 unspecified atom stereocenters. The molecule has 0 aliphatic carbocycles. The van der Waals surface area contributed by atoms with E-state index >= 15 is 0 Å². The average Bonchev–Trinajstić information content (AvgIpc) is 2.63. The Morgan fingerprint density at radius 3 is 3.00 bits per heavy atom. The van der Waals surface area contributed by atoms with Gasteiger partial charge in [0.2, 0.25) is 0 Å². The lowest BCUT2D eigenvalue weighted by Gasteiger charge is -1.92. The predicted octanol–water partition coefficient (Wildman–Crippen LogP) is 2.39. The molecule has 2 aromatic rings. The van der Waals surface area contributed by atoms with Gasteiger partial charge in [0.1, 0.15) is 9.34 Å². The maximum atomic E-state index is 8.82. The van der Waals surface area contributed by atoms with Crippen LogP contribution in [-0.4, -0.2) is 21.7 Å². The number of pyridine rings is 1. The highest BCUT2D eigenvalue weighted by Crippen LogP contribution is 2.31. The summed E-state index contributed by atoms with van der Waals surface area (Å²) in [5, 5.41) is 9.66. The second-order valence-corrected chi connectivity index (χ2v) is 4.56. The summed E-state index contributed by atoms with van der Waals surface area (Å²) < 4.78 is 0.642. The van der Waals surface area contributed by atoms with Crippen molar-refractivity contribution in [1.29, 1.82) is 0 Å². The highest BCUT2D eigenvalue weighted by molar-refractivity contribution is 7.19. The lowest BCUT2D eigenvalue weighted by Crippen LogP contribution is -1.91. The summed E-state index contributed by atoms with van der Waals surface area (Å²) in [5.74, 6) is 0. The minimum absolute atomic E-state index is 0.0654. The molecular formula is C10H9ClN2OS. The molecule has 0 aromatic carbocycles. The Hall–Kier alpha value is -0.970. The van der Waals surface area contributed by atoms with Crippen LogP contribution in [0.1, 0.15) is 5.69 Å². The molecule has 3 nitrogen and oxygen atoms in total. The smallest absolute Gasteiger partial charge is 0.126 e. The summed E-state index contributed by atoms with van der Waals surface area (Å²) in [5.41, 5.74) is 1.71. The zero-order valence-corrected chi connectivity index (χ0v) is 9.42. The van der Waals surface area contributed by atoms with Crippen molar-refractivity contribution in [2.24, 2.45) is 0 Å². The van der Waals surface area contributed by atoms with E-state index in [1.54, 1.807) is 12.4 Å². The van der Waals surface area contributed by atoms with Crippen LogP contribution < -0.4 is 0 Å². The minimum Gasteiger partial charge on any atom is -0.396 e. The molecule has 0 atom stereocenters. The summed E-state index contributed by atoms with van der Waals surface area (Å²) >= 11 is 7.41. The highest BCUT2D eigenvalue weighted by Gasteiger charge is 2.10. The van der Waals surface area contributed by atoms with Crippen molar-refractivity contribution >= 4 is 22.9 Å². The quantitative estimate of drug-likeness (QED) is 0.896. The van der Waals surface area contributed by atoms with Crippen LogP contribution in [0.4, 0.5) is 0 Å². The van der Waals surface area contributed by atoms with E-state index in [0.717, 1.165) is 16.3 Å². The molecule has 0 saturated heterocycles. The number of hydrogen-bond acceptors (Lipinski definition) is 4. The molecule has 2 aromatic heterocycles. The third-order valence-electron chi connectivity index (χ3n) is 1.91. The van der Waals surface area contributed by atoms with Gasteiger partial charge in [0, 0.05) is 31.0 Å². The third kappa shape index (κ3) is 2.34. The van der Waals surface area contributed by atoms with E-state index in [-0.39, 0.29) is 6.61 Å². The van der Waals surface area contributed by atoms with Crippen molar-refractivity contribution in [3.8, 4) is 10.6 Å². The Labute approximate surface area is 96.4 Å². The molecule has 0 bridgehead atoms. The third-order valence-corrected chi connectivity index (χ3v) is 3.29. The molecule has 0 aliphatic rings. The molecular weight excluding hydrogens is 232 g/mol. The van der Waals surface area contributed by atoms with Crippen molar-refractivity contribution in [3.05, 3.63) is 34.6 Å². The van der Waals surface area contributed by atoms with Gasteiger partial charge in [-0.1, -0.05) is 11.6 Å². The van der Waals surface area contributed by atoms with Crippen LogP contribution in [0.25, 0.3) is 10.6 Å². The Kier molecular flexibility index (Phi) is 3.30. The van der Waals surface area contributed by atoms with Crippen LogP contribution in [0.5, 0.6) is 0 Å². The van der Waals surface area contributed by atoms with Crippen LogP contribution in [-0.2, 0) is 6.42 Å². The number of thiazole rings is 1. The van der Waals surface area contributed by atoms with Gasteiger partial charge < -0.3 is 5.11 Å². The predicted molar refractivity (Wildman–Crippen MR) is 61.1 cm³/mol. The molecule has 0 saturated carbocycles. The number of rotatable bonds is 3. The van der Waals surface area contributed by atoms with Crippen molar-refractivity contribution in [3.63, 3.8) is 0 Å². The molecule has 2 rings (SSSR count). The number of aromatic nitrogens is 2. The maximum Gasteiger partial charge on any atom is 0.126 e. The zero-order valence-electron chi connectivity index (χ0n) is 7.85. The number of hydrogen-bond donors (Lipinski definition) is 1.